The number of likely N-dealkylation sites (tertiary alicyclic amines) is 1. The highest BCUT2D eigenvalue weighted by molar-refractivity contribution is 5.81. The van der Waals surface area contributed by atoms with Gasteiger partial charge in [-0.15, -0.1) is 0 Å². The van der Waals surface area contributed by atoms with E-state index in [2.05, 4.69) is 16.3 Å². The number of ether oxygens (including phenoxy) is 2. The first-order chi connectivity index (χ1) is 15.3. The summed E-state index contributed by atoms with van der Waals surface area (Å²) in [7, 11) is 0. The van der Waals surface area contributed by atoms with E-state index in [4.69, 9.17) is 14.6 Å². The van der Waals surface area contributed by atoms with Crippen molar-refractivity contribution in [2.24, 2.45) is 5.92 Å². The van der Waals surface area contributed by atoms with Crippen LogP contribution in [0.2, 0.25) is 0 Å². The van der Waals surface area contributed by atoms with Gasteiger partial charge in [0.15, 0.2) is 11.5 Å². The van der Waals surface area contributed by atoms with Crippen molar-refractivity contribution < 1.29 is 32.5 Å². The Morgan fingerprint density at radius 2 is 1.94 bits per heavy atom. The summed E-state index contributed by atoms with van der Waals surface area (Å²) in [6.45, 7) is 3.28. The second-order valence-electron chi connectivity index (χ2n) is 8.77. The van der Waals surface area contributed by atoms with Crippen molar-refractivity contribution in [1.82, 2.24) is 10.2 Å². The van der Waals surface area contributed by atoms with Crippen LogP contribution in [0.4, 0.5) is 13.2 Å². The van der Waals surface area contributed by atoms with E-state index in [-0.39, 0.29) is 6.79 Å². The van der Waals surface area contributed by atoms with Gasteiger partial charge in [0.05, 0.1) is 0 Å². The highest BCUT2D eigenvalue weighted by Gasteiger charge is 2.44. The molecule has 1 aliphatic carbocycles. The van der Waals surface area contributed by atoms with Crippen LogP contribution in [0.15, 0.2) is 30.4 Å². The van der Waals surface area contributed by atoms with Crippen LogP contribution in [-0.4, -0.2) is 60.7 Å². The average molecular weight is 454 g/mol. The number of carbonyl (C=O) groups is 1. The Morgan fingerprint density at radius 3 is 2.62 bits per heavy atom. The first-order valence-electron chi connectivity index (χ1n) is 11.2. The minimum absolute atomic E-state index is 0.285. The Labute approximate surface area is 185 Å². The molecule has 32 heavy (non-hydrogen) atoms. The van der Waals surface area contributed by atoms with Gasteiger partial charge in [0.25, 0.3) is 5.91 Å². The lowest BCUT2D eigenvalue weighted by Crippen LogP contribution is -2.47. The lowest BCUT2D eigenvalue weighted by Gasteiger charge is -2.33. The minimum atomic E-state index is -4.94. The normalized spacial score (nSPS) is 25.0. The molecular formula is C23H29F3N2O4. The number of benzene rings is 1. The zero-order chi connectivity index (χ0) is 22.7. The molecule has 1 saturated heterocycles. The molecule has 2 heterocycles. The molecule has 1 aromatic rings. The molecule has 3 aliphatic rings. The van der Waals surface area contributed by atoms with Crippen LogP contribution in [0.1, 0.15) is 43.6 Å². The second kappa shape index (κ2) is 9.70. The summed E-state index contributed by atoms with van der Waals surface area (Å²) in [5.74, 6) is 1.14. The molecule has 176 valence electrons. The molecule has 2 N–H and O–H groups in total. The highest BCUT2D eigenvalue weighted by Crippen LogP contribution is 2.42. The van der Waals surface area contributed by atoms with Crippen molar-refractivity contribution in [2.45, 2.75) is 56.3 Å². The molecule has 6 nitrogen and oxygen atoms in total. The topological polar surface area (TPSA) is 71.0 Å². The monoisotopic (exact) mass is 454 g/mol. The number of rotatable bonds is 6. The van der Waals surface area contributed by atoms with Crippen molar-refractivity contribution in [3.63, 3.8) is 0 Å². The summed E-state index contributed by atoms with van der Waals surface area (Å²) in [4.78, 5) is 14.0. The van der Waals surface area contributed by atoms with E-state index in [0.29, 0.717) is 18.3 Å². The number of para-hydroxylation sites is 1. The first-order valence-corrected chi connectivity index (χ1v) is 11.2. The van der Waals surface area contributed by atoms with Gasteiger partial charge >= 0.3 is 6.18 Å². The van der Waals surface area contributed by atoms with Gasteiger partial charge in [-0.1, -0.05) is 24.3 Å². The first kappa shape index (κ1) is 22.9. The van der Waals surface area contributed by atoms with Gasteiger partial charge in [-0.2, -0.15) is 13.2 Å². The predicted molar refractivity (Wildman–Crippen MR) is 111 cm³/mol. The number of fused-ring (bicyclic) bond motifs is 1. The Bertz CT molecular complexity index is 837. The van der Waals surface area contributed by atoms with Crippen molar-refractivity contribution in [1.29, 1.82) is 0 Å². The van der Waals surface area contributed by atoms with E-state index in [9.17, 15) is 18.0 Å². The number of hydrogen-bond acceptors (Lipinski definition) is 5. The molecule has 1 fully saturated rings. The number of allylic oxidation sites excluding steroid dienone is 1. The fourth-order valence-corrected chi connectivity index (χ4v) is 4.74. The van der Waals surface area contributed by atoms with Crippen LogP contribution in [0.3, 0.4) is 0 Å². The molecule has 0 spiro atoms. The molecule has 2 unspecified atom stereocenters. The summed E-state index contributed by atoms with van der Waals surface area (Å²) in [6, 6.07) is 5.62. The van der Waals surface area contributed by atoms with Crippen LogP contribution in [0.25, 0.3) is 0 Å². The highest BCUT2D eigenvalue weighted by atomic mass is 19.4. The number of nitrogens with zero attached hydrogens (tertiary/aromatic N) is 1. The number of aliphatic hydroxyl groups is 1. The summed E-state index contributed by atoms with van der Waals surface area (Å²) in [6.07, 6.45) is 0.281. The third-order valence-electron chi connectivity index (χ3n) is 6.62. The maximum atomic E-state index is 12.4. The van der Waals surface area contributed by atoms with Crippen LogP contribution in [0, 0.1) is 5.92 Å². The molecule has 0 bridgehead atoms. The molecule has 1 amide bonds. The second-order valence-corrected chi connectivity index (χ2v) is 8.77. The van der Waals surface area contributed by atoms with Crippen LogP contribution in [0.5, 0.6) is 11.5 Å². The summed E-state index contributed by atoms with van der Waals surface area (Å²) < 4.78 is 48.4. The van der Waals surface area contributed by atoms with E-state index in [1.165, 1.54) is 5.56 Å². The Hall–Kier alpha value is -2.26. The predicted octanol–water partition coefficient (Wildman–Crippen LogP) is 3.36. The van der Waals surface area contributed by atoms with E-state index in [1.807, 2.05) is 18.2 Å². The van der Waals surface area contributed by atoms with Gasteiger partial charge in [-0.3, -0.25) is 4.79 Å². The molecule has 9 heteroatoms. The van der Waals surface area contributed by atoms with E-state index in [1.54, 1.807) is 6.08 Å². The third-order valence-corrected chi connectivity index (χ3v) is 6.62. The Morgan fingerprint density at radius 1 is 1.16 bits per heavy atom. The molecule has 3 atom stereocenters. The molecule has 1 aromatic carbocycles. The van der Waals surface area contributed by atoms with Gasteiger partial charge in [-0.05, 0) is 69.6 Å². The van der Waals surface area contributed by atoms with Crippen LogP contribution in [-0.2, 0) is 4.79 Å². The molecule has 2 aliphatic heterocycles. The molecule has 0 saturated carbocycles. The van der Waals surface area contributed by atoms with Crippen LogP contribution >= 0.6 is 0 Å². The van der Waals surface area contributed by atoms with Crippen molar-refractivity contribution in [3.8, 4) is 11.5 Å². The van der Waals surface area contributed by atoms with Crippen molar-refractivity contribution in [2.75, 3.05) is 26.4 Å². The zero-order valence-electron chi connectivity index (χ0n) is 17.8. The number of amides is 1. The quantitative estimate of drug-likeness (QED) is 0.645. The molecule has 0 aromatic heterocycles. The molecule has 4 rings (SSSR count). The maximum absolute atomic E-state index is 12.4. The molecule has 0 radical (unpaired) electrons. The fraction of sp³-hybridized carbons (Fsp3) is 0.609. The summed E-state index contributed by atoms with van der Waals surface area (Å²) in [5, 5.41) is 11.3. The Kier molecular flexibility index (Phi) is 6.95. The average Bonchev–Trinajstić information content (AvgIpc) is 3.27. The SMILES string of the molecule is O=C(NC1C=C[C@@H](CCN2CCC(c3cccc4c3OCO4)CC2)CC1)C(O)C(F)(F)F. The van der Waals surface area contributed by atoms with Crippen LogP contribution < -0.4 is 14.8 Å². The zero-order valence-corrected chi connectivity index (χ0v) is 17.8. The summed E-state index contributed by atoms with van der Waals surface area (Å²) >= 11 is 0. The maximum Gasteiger partial charge on any atom is 0.423 e. The van der Waals surface area contributed by atoms with Gasteiger partial charge in [0.2, 0.25) is 12.9 Å². The minimum Gasteiger partial charge on any atom is -0.454 e. The van der Waals surface area contributed by atoms with Gasteiger partial charge in [0, 0.05) is 11.6 Å². The van der Waals surface area contributed by atoms with E-state index in [0.717, 1.165) is 56.8 Å². The Balaban J connectivity index is 1.19. The lowest BCUT2D eigenvalue weighted by molar-refractivity contribution is -0.205. The number of carbonyl (C=O) groups excluding carboxylic acids is 1. The molecular weight excluding hydrogens is 425 g/mol. The van der Waals surface area contributed by atoms with Gasteiger partial charge in [-0.25, -0.2) is 0 Å². The number of aliphatic hydroxyl groups excluding tert-OH is 1. The fourth-order valence-electron chi connectivity index (χ4n) is 4.74. The van der Waals surface area contributed by atoms with Gasteiger partial charge in [0.1, 0.15) is 0 Å². The summed E-state index contributed by atoms with van der Waals surface area (Å²) in [5.41, 5.74) is 1.23. The van der Waals surface area contributed by atoms with Crippen molar-refractivity contribution in [3.05, 3.63) is 35.9 Å². The lowest BCUT2D eigenvalue weighted by atomic mass is 9.87. The standard InChI is InChI=1S/C23H29F3N2O4/c24-23(25,26)21(29)22(30)27-17-6-4-15(5-7-17)8-11-28-12-9-16(10-13-28)18-2-1-3-19-20(18)32-14-31-19/h1-4,6,15-17,21,29H,5,7-14H2,(H,27,30)/t15-,17?,21?/m1/s1. The van der Waals surface area contributed by atoms with E-state index >= 15 is 0 Å². The third kappa shape index (κ3) is 5.38. The number of alkyl halides is 3. The number of piperidine rings is 1. The number of halogens is 3. The number of hydrogen-bond donors (Lipinski definition) is 2. The van der Waals surface area contributed by atoms with Gasteiger partial charge < -0.3 is 24.8 Å². The van der Waals surface area contributed by atoms with Crippen molar-refractivity contribution >= 4 is 5.91 Å². The van der Waals surface area contributed by atoms with E-state index < -0.39 is 24.2 Å². The largest absolute Gasteiger partial charge is 0.454 e. The number of nitrogens with one attached hydrogen (secondary N) is 1. The smallest absolute Gasteiger partial charge is 0.423 e.